The fourth-order valence-corrected chi connectivity index (χ4v) is 5.08. The molecule has 1 fully saturated rings. The molecule has 0 bridgehead atoms. The first kappa shape index (κ1) is 20.5. The number of hydrogen-bond acceptors (Lipinski definition) is 6. The Labute approximate surface area is 190 Å². The molecule has 1 aromatic carbocycles. The van der Waals surface area contributed by atoms with Crippen LogP contribution in [0.5, 0.6) is 0 Å². The van der Waals surface area contributed by atoms with E-state index in [1.54, 1.807) is 22.2 Å². The van der Waals surface area contributed by atoms with Crippen LogP contribution in [0.25, 0.3) is 11.0 Å². The Morgan fingerprint density at radius 3 is 2.59 bits per heavy atom. The number of aryl methyl sites for hydroxylation is 1. The van der Waals surface area contributed by atoms with E-state index in [1.165, 1.54) is 6.42 Å². The molecule has 0 radical (unpaired) electrons. The summed E-state index contributed by atoms with van der Waals surface area (Å²) < 4.78 is 3.60. The highest BCUT2D eigenvalue weighted by Crippen LogP contribution is 2.32. The predicted molar refractivity (Wildman–Crippen MR) is 126 cm³/mol. The van der Waals surface area contributed by atoms with Gasteiger partial charge < -0.3 is 9.47 Å². The predicted octanol–water partition coefficient (Wildman–Crippen LogP) is 3.92. The van der Waals surface area contributed by atoms with Gasteiger partial charge in [-0.15, -0.1) is 11.3 Å². The largest absolute Gasteiger partial charge is 0.357 e. The van der Waals surface area contributed by atoms with E-state index >= 15 is 0 Å². The molecule has 0 atom stereocenters. The van der Waals surface area contributed by atoms with Crippen molar-refractivity contribution in [1.82, 2.24) is 19.1 Å². The van der Waals surface area contributed by atoms with Gasteiger partial charge in [-0.2, -0.15) is 5.26 Å². The number of nitrogens with zero attached hydrogens (tertiary/aromatic N) is 6. The molecule has 0 N–H and O–H groups in total. The van der Waals surface area contributed by atoms with Crippen LogP contribution >= 0.6 is 11.3 Å². The van der Waals surface area contributed by atoms with Crippen LogP contribution in [0.1, 0.15) is 41.1 Å². The Balaban J connectivity index is 1.71. The van der Waals surface area contributed by atoms with Crippen molar-refractivity contribution in [3.8, 4) is 6.07 Å². The number of piperidine rings is 1. The highest BCUT2D eigenvalue weighted by atomic mass is 32.1. The average Bonchev–Trinajstić information content (AvgIpc) is 3.37. The zero-order valence-electron chi connectivity index (χ0n) is 18.0. The summed E-state index contributed by atoms with van der Waals surface area (Å²) in [5.41, 5.74) is 3.24. The summed E-state index contributed by atoms with van der Waals surface area (Å²) in [7, 11) is 0. The molecule has 1 saturated heterocycles. The number of rotatable bonds is 5. The summed E-state index contributed by atoms with van der Waals surface area (Å²) in [6.07, 6.45) is 4.90. The molecule has 0 saturated carbocycles. The van der Waals surface area contributed by atoms with Crippen LogP contribution < -0.4 is 10.5 Å². The third-order valence-corrected chi connectivity index (χ3v) is 6.77. The second-order valence-corrected chi connectivity index (χ2v) is 9.22. The fraction of sp³-hybridized carbons (Fsp3) is 0.333. The number of nitriles is 1. The summed E-state index contributed by atoms with van der Waals surface area (Å²) in [6.45, 7) is 4.59. The van der Waals surface area contributed by atoms with Crippen LogP contribution in [0.2, 0.25) is 0 Å². The minimum absolute atomic E-state index is 0.142. The third kappa shape index (κ3) is 3.69. The maximum atomic E-state index is 13.7. The Kier molecular flexibility index (Phi) is 5.50. The van der Waals surface area contributed by atoms with Crippen molar-refractivity contribution in [1.29, 1.82) is 5.26 Å². The van der Waals surface area contributed by atoms with E-state index in [2.05, 4.69) is 20.9 Å². The van der Waals surface area contributed by atoms with E-state index in [0.717, 1.165) is 48.0 Å². The van der Waals surface area contributed by atoms with E-state index < -0.39 is 0 Å². The smallest absolute Gasteiger partial charge is 0.278 e. The SMILES string of the molecule is Cc1nc(Cn2cnc3c(C#N)c(N4CCCCC4)n(Cc4ccccc4)c3c2=O)cs1. The van der Waals surface area contributed by atoms with Gasteiger partial charge in [-0.1, -0.05) is 30.3 Å². The minimum atomic E-state index is -0.142. The molecule has 3 aromatic heterocycles. The number of benzene rings is 1. The Hall–Kier alpha value is -3.44. The highest BCUT2D eigenvalue weighted by Gasteiger charge is 2.27. The van der Waals surface area contributed by atoms with Gasteiger partial charge in [-0.3, -0.25) is 9.36 Å². The first-order valence-electron chi connectivity index (χ1n) is 10.9. The molecule has 7 nitrogen and oxygen atoms in total. The molecule has 5 rings (SSSR count). The Morgan fingerprint density at radius 1 is 1.12 bits per heavy atom. The number of hydrogen-bond donors (Lipinski definition) is 0. The number of fused-ring (bicyclic) bond motifs is 1. The van der Waals surface area contributed by atoms with Gasteiger partial charge in [0, 0.05) is 25.0 Å². The van der Waals surface area contributed by atoms with Gasteiger partial charge in [0.2, 0.25) is 0 Å². The van der Waals surface area contributed by atoms with Crippen LogP contribution in [-0.2, 0) is 13.1 Å². The lowest BCUT2D eigenvalue weighted by atomic mass is 10.1. The van der Waals surface area contributed by atoms with E-state index in [-0.39, 0.29) is 5.56 Å². The van der Waals surface area contributed by atoms with Crippen LogP contribution in [-0.4, -0.2) is 32.2 Å². The van der Waals surface area contributed by atoms with Crippen molar-refractivity contribution in [2.24, 2.45) is 0 Å². The summed E-state index contributed by atoms with van der Waals surface area (Å²) in [6, 6.07) is 12.4. The molecule has 4 heterocycles. The van der Waals surface area contributed by atoms with Gasteiger partial charge in [-0.25, -0.2) is 9.97 Å². The van der Waals surface area contributed by atoms with Gasteiger partial charge in [-0.05, 0) is 31.7 Å². The van der Waals surface area contributed by atoms with E-state index in [4.69, 9.17) is 0 Å². The molecule has 1 aliphatic heterocycles. The van der Waals surface area contributed by atoms with Crippen molar-refractivity contribution < 1.29 is 0 Å². The van der Waals surface area contributed by atoms with Crippen molar-refractivity contribution in [3.05, 3.63) is 74.2 Å². The molecule has 8 heteroatoms. The molecular weight excluding hydrogens is 420 g/mol. The first-order chi connectivity index (χ1) is 15.7. The van der Waals surface area contributed by atoms with E-state index in [0.29, 0.717) is 29.7 Å². The lowest BCUT2D eigenvalue weighted by molar-refractivity contribution is 0.565. The molecule has 0 spiro atoms. The van der Waals surface area contributed by atoms with Gasteiger partial charge in [0.15, 0.2) is 0 Å². The van der Waals surface area contributed by atoms with E-state index in [1.807, 2.05) is 47.2 Å². The third-order valence-electron chi connectivity index (χ3n) is 5.95. The van der Waals surface area contributed by atoms with Crippen LogP contribution in [0.3, 0.4) is 0 Å². The Bertz CT molecular complexity index is 1360. The van der Waals surface area contributed by atoms with Gasteiger partial charge in [0.25, 0.3) is 5.56 Å². The molecule has 0 amide bonds. The normalized spacial score (nSPS) is 14.1. The van der Waals surface area contributed by atoms with Gasteiger partial charge in [0.1, 0.15) is 28.5 Å². The Morgan fingerprint density at radius 2 is 1.91 bits per heavy atom. The molecule has 162 valence electrons. The maximum absolute atomic E-state index is 13.7. The van der Waals surface area contributed by atoms with Crippen LogP contribution in [0.15, 0.2) is 46.8 Å². The zero-order chi connectivity index (χ0) is 22.1. The molecule has 1 aliphatic rings. The summed E-state index contributed by atoms with van der Waals surface area (Å²) in [5, 5.41) is 13.0. The average molecular weight is 445 g/mol. The summed E-state index contributed by atoms with van der Waals surface area (Å²) in [4.78, 5) is 25.0. The fourth-order valence-electron chi connectivity index (χ4n) is 4.48. The van der Waals surface area contributed by atoms with Crippen LogP contribution in [0.4, 0.5) is 5.82 Å². The second-order valence-electron chi connectivity index (χ2n) is 8.16. The quantitative estimate of drug-likeness (QED) is 0.466. The molecule has 0 aliphatic carbocycles. The lowest BCUT2D eigenvalue weighted by Crippen LogP contribution is -2.32. The maximum Gasteiger partial charge on any atom is 0.278 e. The molecule has 0 unspecified atom stereocenters. The minimum Gasteiger partial charge on any atom is -0.357 e. The number of thiazole rings is 1. The zero-order valence-corrected chi connectivity index (χ0v) is 18.8. The lowest BCUT2D eigenvalue weighted by Gasteiger charge is -2.30. The van der Waals surface area contributed by atoms with Gasteiger partial charge >= 0.3 is 0 Å². The summed E-state index contributed by atoms with van der Waals surface area (Å²) >= 11 is 1.57. The number of aromatic nitrogens is 4. The molecule has 4 aromatic rings. The standard InChI is InChI=1S/C24H24N6OS/c1-17-27-19(15-32-17)14-29-16-26-21-20(12-25)23(28-10-6-3-7-11-28)30(22(21)24(29)31)13-18-8-4-2-5-9-18/h2,4-5,8-9,15-16H,3,6-7,10-11,13-14H2,1H3. The van der Waals surface area contributed by atoms with Crippen molar-refractivity contribution in [2.45, 2.75) is 39.3 Å². The topological polar surface area (TPSA) is 79.7 Å². The van der Waals surface area contributed by atoms with Crippen LogP contribution in [0, 0.1) is 18.3 Å². The first-order valence-corrected chi connectivity index (χ1v) is 11.8. The second kappa shape index (κ2) is 8.60. The number of anilines is 1. The summed E-state index contributed by atoms with van der Waals surface area (Å²) in [5.74, 6) is 0.818. The molecule has 32 heavy (non-hydrogen) atoms. The monoisotopic (exact) mass is 444 g/mol. The van der Waals surface area contributed by atoms with E-state index in [9.17, 15) is 10.1 Å². The van der Waals surface area contributed by atoms with Gasteiger partial charge in [0.05, 0.1) is 23.6 Å². The van der Waals surface area contributed by atoms with Crippen molar-refractivity contribution in [3.63, 3.8) is 0 Å². The molecular formula is C24H24N6OS. The highest BCUT2D eigenvalue weighted by molar-refractivity contribution is 7.09. The van der Waals surface area contributed by atoms with Crippen molar-refractivity contribution >= 4 is 28.2 Å². The van der Waals surface area contributed by atoms with Crippen molar-refractivity contribution in [2.75, 3.05) is 18.0 Å².